The lowest BCUT2D eigenvalue weighted by Gasteiger charge is -2.33. The first-order valence-electron chi connectivity index (χ1n) is 7.92. The van der Waals surface area contributed by atoms with Crippen molar-refractivity contribution in [1.82, 2.24) is 9.80 Å². The van der Waals surface area contributed by atoms with Crippen LogP contribution >= 0.6 is 0 Å². The first kappa shape index (κ1) is 17.2. The number of Topliss-reactive ketones (excluding diaryl/α,β-unsaturated/α-hetero) is 1. The molecule has 2 rings (SSSR count). The van der Waals surface area contributed by atoms with E-state index in [1.165, 1.54) is 11.0 Å². The molecule has 0 unspecified atom stereocenters. The van der Waals surface area contributed by atoms with E-state index in [0.29, 0.717) is 32.6 Å². The van der Waals surface area contributed by atoms with Gasteiger partial charge in [-0.05, 0) is 29.9 Å². The summed E-state index contributed by atoms with van der Waals surface area (Å²) in [5, 5.41) is 8.92. The lowest BCUT2D eigenvalue weighted by atomic mass is 9.72. The zero-order chi connectivity index (χ0) is 17.2. The van der Waals surface area contributed by atoms with Gasteiger partial charge in [0.05, 0.1) is 0 Å². The molecule has 23 heavy (non-hydrogen) atoms. The Bertz CT molecular complexity index is 581. The zero-order valence-electron chi connectivity index (χ0n) is 14.0. The molecular weight excluding hydrogens is 296 g/mol. The van der Waals surface area contributed by atoms with Gasteiger partial charge in [-0.3, -0.25) is 9.59 Å². The molecule has 1 heterocycles. The second-order valence-electron chi connectivity index (χ2n) is 6.77. The summed E-state index contributed by atoms with van der Waals surface area (Å²) in [5.74, 6) is 0.00987. The topological polar surface area (TPSA) is 77.9 Å². The van der Waals surface area contributed by atoms with Crippen LogP contribution < -0.4 is 0 Å². The highest BCUT2D eigenvalue weighted by Crippen LogP contribution is 2.39. The maximum atomic E-state index is 12.3. The summed E-state index contributed by atoms with van der Waals surface area (Å²) in [6, 6.07) is 0. The van der Waals surface area contributed by atoms with Gasteiger partial charge in [-0.15, -0.1) is 0 Å². The quantitative estimate of drug-likeness (QED) is 0.790. The third-order valence-electron chi connectivity index (χ3n) is 4.78. The molecule has 126 valence electrons. The second-order valence-corrected chi connectivity index (χ2v) is 6.77. The van der Waals surface area contributed by atoms with Crippen molar-refractivity contribution in [2.24, 2.45) is 5.41 Å². The van der Waals surface area contributed by atoms with E-state index in [-0.39, 0.29) is 17.1 Å². The van der Waals surface area contributed by atoms with Crippen molar-refractivity contribution in [3.63, 3.8) is 0 Å². The number of amides is 2. The zero-order valence-corrected chi connectivity index (χ0v) is 14.0. The van der Waals surface area contributed by atoms with Crippen molar-refractivity contribution in [2.45, 2.75) is 33.6 Å². The summed E-state index contributed by atoms with van der Waals surface area (Å²) < 4.78 is 0. The molecular formula is C17H24N2O4. The number of rotatable bonds is 2. The van der Waals surface area contributed by atoms with Crippen LogP contribution in [0.15, 0.2) is 23.3 Å². The van der Waals surface area contributed by atoms with E-state index in [1.54, 1.807) is 11.0 Å². The van der Waals surface area contributed by atoms with Crippen LogP contribution in [-0.4, -0.2) is 58.9 Å². The predicted octanol–water partition coefficient (Wildman–Crippen LogP) is 2.07. The number of piperazine rings is 1. The highest BCUT2D eigenvalue weighted by Gasteiger charge is 2.31. The Balaban J connectivity index is 2.05. The second kappa shape index (κ2) is 6.56. The number of hydrogen-bond acceptors (Lipinski definition) is 3. The molecule has 1 saturated heterocycles. The molecule has 1 aliphatic heterocycles. The summed E-state index contributed by atoms with van der Waals surface area (Å²) in [6.07, 6.45) is 3.67. The average Bonchev–Trinajstić information content (AvgIpc) is 2.51. The lowest BCUT2D eigenvalue weighted by molar-refractivity contribution is -0.127. The van der Waals surface area contributed by atoms with E-state index in [2.05, 4.69) is 13.8 Å². The summed E-state index contributed by atoms with van der Waals surface area (Å²) in [4.78, 5) is 38.0. The maximum absolute atomic E-state index is 12.3. The molecule has 0 spiro atoms. The predicted molar refractivity (Wildman–Crippen MR) is 86.0 cm³/mol. The van der Waals surface area contributed by atoms with Gasteiger partial charge in [0.25, 0.3) is 0 Å². The molecule has 0 aromatic heterocycles. The standard InChI is InChI=1S/C17H24N2O4/c1-12-13(17(2,3)7-6-14(12)20)4-5-15(21)18-8-10-19(11-9-18)16(22)23/h4-5H,6-11H2,1-3H3,(H,22,23). The maximum Gasteiger partial charge on any atom is 0.407 e. The van der Waals surface area contributed by atoms with Gasteiger partial charge >= 0.3 is 6.09 Å². The molecule has 0 radical (unpaired) electrons. The van der Waals surface area contributed by atoms with Crippen LogP contribution in [0.3, 0.4) is 0 Å². The number of nitrogens with zero attached hydrogens (tertiary/aromatic N) is 2. The minimum absolute atomic E-state index is 0.114. The minimum atomic E-state index is -0.948. The fourth-order valence-corrected chi connectivity index (χ4v) is 3.13. The molecule has 1 N–H and O–H groups in total. The van der Waals surface area contributed by atoms with Gasteiger partial charge in [-0.1, -0.05) is 19.9 Å². The average molecular weight is 320 g/mol. The molecule has 6 heteroatoms. The van der Waals surface area contributed by atoms with Crippen LogP contribution in [-0.2, 0) is 9.59 Å². The molecule has 0 aromatic carbocycles. The molecule has 0 saturated carbocycles. The Morgan fingerprint density at radius 1 is 1.13 bits per heavy atom. The van der Waals surface area contributed by atoms with Gasteiger partial charge in [0.1, 0.15) is 0 Å². The molecule has 2 aliphatic rings. The van der Waals surface area contributed by atoms with Gasteiger partial charge in [-0.25, -0.2) is 4.79 Å². The molecule has 0 bridgehead atoms. The van der Waals surface area contributed by atoms with Crippen molar-refractivity contribution in [3.8, 4) is 0 Å². The number of allylic oxidation sites excluding steroid dienone is 3. The normalized spacial score (nSPS) is 22.0. The number of ketones is 1. The summed E-state index contributed by atoms with van der Waals surface area (Å²) in [6.45, 7) is 7.45. The van der Waals surface area contributed by atoms with Crippen molar-refractivity contribution in [3.05, 3.63) is 23.3 Å². The van der Waals surface area contributed by atoms with Gasteiger partial charge in [-0.2, -0.15) is 0 Å². The highest BCUT2D eigenvalue weighted by atomic mass is 16.4. The SMILES string of the molecule is CC1=C(C=CC(=O)N2CCN(C(=O)O)CC2)C(C)(C)CCC1=O. The number of carbonyl (C=O) groups excluding carboxylic acids is 2. The first-order chi connectivity index (χ1) is 10.7. The molecule has 0 atom stereocenters. The van der Waals surface area contributed by atoms with Crippen molar-refractivity contribution in [1.29, 1.82) is 0 Å². The first-order valence-corrected chi connectivity index (χ1v) is 7.92. The fourth-order valence-electron chi connectivity index (χ4n) is 3.13. The largest absolute Gasteiger partial charge is 0.465 e. The summed E-state index contributed by atoms with van der Waals surface area (Å²) >= 11 is 0. The monoisotopic (exact) mass is 320 g/mol. The van der Waals surface area contributed by atoms with Gasteiger partial charge in [0.15, 0.2) is 5.78 Å². The van der Waals surface area contributed by atoms with Crippen molar-refractivity contribution in [2.75, 3.05) is 26.2 Å². The van der Waals surface area contributed by atoms with Crippen LogP contribution in [0.1, 0.15) is 33.6 Å². The molecule has 2 amide bonds. The Morgan fingerprint density at radius 3 is 2.26 bits per heavy atom. The smallest absolute Gasteiger partial charge is 0.407 e. The van der Waals surface area contributed by atoms with Gasteiger partial charge < -0.3 is 14.9 Å². The molecule has 0 aromatic rings. The summed E-state index contributed by atoms with van der Waals surface area (Å²) in [7, 11) is 0. The lowest BCUT2D eigenvalue weighted by Crippen LogP contribution is -2.49. The Hall–Kier alpha value is -2.11. The fraction of sp³-hybridized carbons (Fsp3) is 0.588. The molecule has 1 fully saturated rings. The van der Waals surface area contributed by atoms with E-state index in [0.717, 1.165) is 17.6 Å². The molecule has 6 nitrogen and oxygen atoms in total. The summed E-state index contributed by atoms with van der Waals surface area (Å²) in [5.41, 5.74) is 1.55. The Kier molecular flexibility index (Phi) is 4.92. The highest BCUT2D eigenvalue weighted by molar-refractivity contribution is 5.98. The van der Waals surface area contributed by atoms with Crippen LogP contribution in [0.25, 0.3) is 0 Å². The van der Waals surface area contributed by atoms with Crippen molar-refractivity contribution < 1.29 is 19.5 Å². The van der Waals surface area contributed by atoms with E-state index < -0.39 is 6.09 Å². The number of hydrogen-bond donors (Lipinski definition) is 1. The van der Waals surface area contributed by atoms with Crippen LogP contribution in [0, 0.1) is 5.41 Å². The van der Waals surface area contributed by atoms with E-state index in [1.807, 2.05) is 6.92 Å². The van der Waals surface area contributed by atoms with Crippen LogP contribution in [0.5, 0.6) is 0 Å². The van der Waals surface area contributed by atoms with Crippen LogP contribution in [0.2, 0.25) is 0 Å². The van der Waals surface area contributed by atoms with E-state index in [4.69, 9.17) is 5.11 Å². The minimum Gasteiger partial charge on any atom is -0.465 e. The van der Waals surface area contributed by atoms with Crippen LogP contribution in [0.4, 0.5) is 4.79 Å². The number of carboxylic acid groups (broad SMARTS) is 1. The van der Waals surface area contributed by atoms with E-state index in [9.17, 15) is 14.4 Å². The van der Waals surface area contributed by atoms with Gasteiger partial charge in [0, 0.05) is 38.7 Å². The number of carbonyl (C=O) groups is 3. The third-order valence-corrected chi connectivity index (χ3v) is 4.78. The Morgan fingerprint density at radius 2 is 1.70 bits per heavy atom. The van der Waals surface area contributed by atoms with Gasteiger partial charge in [0.2, 0.25) is 5.91 Å². The Labute approximate surface area is 136 Å². The van der Waals surface area contributed by atoms with E-state index >= 15 is 0 Å². The molecule has 1 aliphatic carbocycles. The third kappa shape index (κ3) is 3.81. The van der Waals surface area contributed by atoms with Crippen molar-refractivity contribution >= 4 is 17.8 Å².